The van der Waals surface area contributed by atoms with E-state index in [0.29, 0.717) is 24.5 Å². The lowest BCUT2D eigenvalue weighted by Crippen LogP contribution is -2.35. The molecule has 0 atom stereocenters. The lowest BCUT2D eigenvalue weighted by molar-refractivity contribution is 0.302. The van der Waals surface area contributed by atoms with E-state index < -0.39 is 0 Å². The molecule has 2 rings (SSSR count). The Hall–Kier alpha value is -1.10. The second kappa shape index (κ2) is 4.64. The second-order valence-corrected chi connectivity index (χ2v) is 6.02. The van der Waals surface area contributed by atoms with Gasteiger partial charge >= 0.3 is 6.01 Å². The maximum absolute atomic E-state index is 5.52. The van der Waals surface area contributed by atoms with E-state index in [9.17, 15) is 0 Å². The predicted molar refractivity (Wildman–Crippen MR) is 66.7 cm³/mol. The number of anilines is 1. The van der Waals surface area contributed by atoms with Crippen LogP contribution in [0.1, 0.15) is 46.4 Å². The van der Waals surface area contributed by atoms with Crippen LogP contribution < -0.4 is 10.6 Å². The summed E-state index contributed by atoms with van der Waals surface area (Å²) < 4.78 is 5.52. The summed E-state index contributed by atoms with van der Waals surface area (Å²) in [5.41, 5.74) is 0.0610. The molecular weight excluding hydrogens is 216 g/mol. The number of hydrogen-bond donors (Lipinski definition) is 2. The molecule has 0 amide bonds. The van der Waals surface area contributed by atoms with Crippen LogP contribution in [-0.4, -0.2) is 21.8 Å². The van der Waals surface area contributed by atoms with E-state index in [1.165, 1.54) is 12.8 Å². The fraction of sp³-hybridized carbons (Fsp3) is 0.833. The van der Waals surface area contributed by atoms with Crippen LogP contribution in [0.25, 0.3) is 0 Å². The minimum atomic E-state index is 0.0610. The van der Waals surface area contributed by atoms with Crippen molar-refractivity contribution in [1.82, 2.24) is 15.5 Å². The zero-order chi connectivity index (χ0) is 12.5. The molecule has 1 aromatic heterocycles. The van der Waals surface area contributed by atoms with E-state index in [4.69, 9.17) is 4.42 Å². The highest BCUT2D eigenvalue weighted by molar-refractivity contribution is 5.21. The largest absolute Gasteiger partial charge is 0.407 e. The Balaban J connectivity index is 1.79. The number of nitrogens with zero attached hydrogens (tertiary/aromatic N) is 2. The number of aromatic nitrogens is 2. The van der Waals surface area contributed by atoms with Gasteiger partial charge in [0.05, 0.1) is 6.54 Å². The van der Waals surface area contributed by atoms with Crippen LogP contribution in [0.15, 0.2) is 4.42 Å². The van der Waals surface area contributed by atoms with E-state index in [-0.39, 0.29) is 5.54 Å². The molecule has 5 heteroatoms. The molecule has 1 saturated carbocycles. The van der Waals surface area contributed by atoms with Crippen molar-refractivity contribution in [1.29, 1.82) is 0 Å². The Bertz CT molecular complexity index is 363. The van der Waals surface area contributed by atoms with Gasteiger partial charge in [-0.15, -0.1) is 5.10 Å². The molecule has 1 heterocycles. The van der Waals surface area contributed by atoms with Gasteiger partial charge in [-0.1, -0.05) is 12.0 Å². The third-order valence-electron chi connectivity index (χ3n) is 2.94. The highest BCUT2D eigenvalue weighted by atomic mass is 16.4. The molecule has 17 heavy (non-hydrogen) atoms. The van der Waals surface area contributed by atoms with Crippen molar-refractivity contribution in [3.8, 4) is 0 Å². The SMILES string of the molecule is CC1CC(Nc2nnc(CNC(C)(C)C)o2)C1. The molecule has 0 radical (unpaired) electrons. The lowest BCUT2D eigenvalue weighted by Gasteiger charge is -2.32. The van der Waals surface area contributed by atoms with Gasteiger partial charge < -0.3 is 15.1 Å². The van der Waals surface area contributed by atoms with Gasteiger partial charge in [0.2, 0.25) is 5.89 Å². The first-order chi connectivity index (χ1) is 7.92. The molecule has 0 aliphatic heterocycles. The van der Waals surface area contributed by atoms with Crippen LogP contribution in [0, 0.1) is 5.92 Å². The Kier molecular flexibility index (Phi) is 3.38. The van der Waals surface area contributed by atoms with Crippen LogP contribution in [0.2, 0.25) is 0 Å². The van der Waals surface area contributed by atoms with Crippen LogP contribution in [0.4, 0.5) is 6.01 Å². The summed E-state index contributed by atoms with van der Waals surface area (Å²) in [6.45, 7) is 9.19. The molecule has 1 aromatic rings. The molecule has 1 fully saturated rings. The lowest BCUT2D eigenvalue weighted by atomic mass is 9.82. The Morgan fingerprint density at radius 1 is 1.29 bits per heavy atom. The zero-order valence-corrected chi connectivity index (χ0v) is 11.1. The quantitative estimate of drug-likeness (QED) is 0.841. The Morgan fingerprint density at radius 3 is 2.59 bits per heavy atom. The first-order valence-electron chi connectivity index (χ1n) is 6.26. The average Bonchev–Trinajstić information content (AvgIpc) is 2.59. The van der Waals surface area contributed by atoms with Gasteiger partial charge in [-0.25, -0.2) is 0 Å². The molecule has 2 N–H and O–H groups in total. The van der Waals surface area contributed by atoms with E-state index in [2.05, 4.69) is 48.5 Å². The first kappa shape index (κ1) is 12.4. The molecule has 1 aliphatic rings. The van der Waals surface area contributed by atoms with Crippen LogP contribution >= 0.6 is 0 Å². The molecule has 96 valence electrons. The fourth-order valence-electron chi connectivity index (χ4n) is 1.92. The minimum Gasteiger partial charge on any atom is -0.407 e. The maximum Gasteiger partial charge on any atom is 0.315 e. The smallest absolute Gasteiger partial charge is 0.315 e. The van der Waals surface area contributed by atoms with Gasteiger partial charge in [0.25, 0.3) is 0 Å². The predicted octanol–water partition coefficient (Wildman–Crippen LogP) is 2.17. The molecule has 1 aliphatic carbocycles. The van der Waals surface area contributed by atoms with Crippen molar-refractivity contribution in [2.24, 2.45) is 5.92 Å². The highest BCUT2D eigenvalue weighted by Gasteiger charge is 2.26. The van der Waals surface area contributed by atoms with Crippen molar-refractivity contribution >= 4 is 6.01 Å². The second-order valence-electron chi connectivity index (χ2n) is 6.02. The average molecular weight is 238 g/mol. The van der Waals surface area contributed by atoms with Crippen molar-refractivity contribution < 1.29 is 4.42 Å². The van der Waals surface area contributed by atoms with Crippen molar-refractivity contribution in [3.05, 3.63) is 5.89 Å². The molecule has 0 saturated heterocycles. The summed E-state index contributed by atoms with van der Waals surface area (Å²) in [5.74, 6) is 1.45. The summed E-state index contributed by atoms with van der Waals surface area (Å²) in [4.78, 5) is 0. The monoisotopic (exact) mass is 238 g/mol. The van der Waals surface area contributed by atoms with Gasteiger partial charge in [-0.3, -0.25) is 0 Å². The highest BCUT2D eigenvalue weighted by Crippen LogP contribution is 2.28. The molecular formula is C12H22N4O. The van der Waals surface area contributed by atoms with Crippen molar-refractivity contribution in [3.63, 3.8) is 0 Å². The molecule has 0 bridgehead atoms. The van der Waals surface area contributed by atoms with Gasteiger partial charge in [-0.05, 0) is 39.5 Å². The topological polar surface area (TPSA) is 63.0 Å². The van der Waals surface area contributed by atoms with E-state index >= 15 is 0 Å². The molecule has 0 unspecified atom stereocenters. The third kappa shape index (κ3) is 3.70. The van der Waals surface area contributed by atoms with Gasteiger partial charge in [-0.2, -0.15) is 0 Å². The number of hydrogen-bond acceptors (Lipinski definition) is 5. The first-order valence-corrected chi connectivity index (χ1v) is 6.26. The van der Waals surface area contributed by atoms with Crippen molar-refractivity contribution in [2.45, 2.75) is 58.7 Å². The van der Waals surface area contributed by atoms with E-state index in [1.54, 1.807) is 0 Å². The van der Waals surface area contributed by atoms with E-state index in [1.807, 2.05) is 0 Å². The van der Waals surface area contributed by atoms with Crippen LogP contribution in [0.3, 0.4) is 0 Å². The maximum atomic E-state index is 5.52. The Morgan fingerprint density at radius 2 is 2.00 bits per heavy atom. The van der Waals surface area contributed by atoms with Crippen molar-refractivity contribution in [2.75, 3.05) is 5.32 Å². The number of rotatable bonds is 4. The zero-order valence-electron chi connectivity index (χ0n) is 11.1. The summed E-state index contributed by atoms with van der Waals surface area (Å²) in [6, 6.07) is 1.06. The Labute approximate surface area is 102 Å². The fourth-order valence-corrected chi connectivity index (χ4v) is 1.92. The minimum absolute atomic E-state index is 0.0610. The normalized spacial score (nSPS) is 24.5. The van der Waals surface area contributed by atoms with Gasteiger partial charge in [0.15, 0.2) is 0 Å². The van der Waals surface area contributed by atoms with E-state index in [0.717, 1.165) is 5.92 Å². The molecule has 0 aromatic carbocycles. The van der Waals surface area contributed by atoms with Crippen LogP contribution in [-0.2, 0) is 6.54 Å². The standard InChI is InChI=1S/C12H22N4O/c1-8-5-9(6-8)14-11-16-15-10(17-11)7-13-12(2,3)4/h8-9,13H,5-7H2,1-4H3,(H,14,16). The number of nitrogens with one attached hydrogen (secondary N) is 2. The summed E-state index contributed by atoms with van der Waals surface area (Å²) in [5, 5.41) is 14.6. The third-order valence-corrected chi connectivity index (χ3v) is 2.94. The molecule has 5 nitrogen and oxygen atoms in total. The van der Waals surface area contributed by atoms with Gasteiger partial charge in [0, 0.05) is 11.6 Å². The summed E-state index contributed by atoms with van der Waals surface area (Å²) in [7, 11) is 0. The molecule has 0 spiro atoms. The van der Waals surface area contributed by atoms with Gasteiger partial charge in [0.1, 0.15) is 0 Å². The summed E-state index contributed by atoms with van der Waals surface area (Å²) >= 11 is 0. The van der Waals surface area contributed by atoms with Crippen LogP contribution in [0.5, 0.6) is 0 Å². The summed E-state index contributed by atoms with van der Waals surface area (Å²) in [6.07, 6.45) is 2.38.